The van der Waals surface area contributed by atoms with Gasteiger partial charge in [-0.25, -0.2) is 4.79 Å². The standard InChI is InChI=1S/C20H24N2O2/c1-15(22-11-10-17-4-2-3-5-19(17)14-22)12-21-13-16-6-8-18(9-7-16)20(23)24/h2-9,15,21H,10-14H2,1H3,(H,23,24). The van der Waals surface area contributed by atoms with Crippen LogP contribution >= 0.6 is 0 Å². The molecule has 0 saturated heterocycles. The zero-order chi connectivity index (χ0) is 16.9. The van der Waals surface area contributed by atoms with E-state index in [1.54, 1.807) is 12.1 Å². The van der Waals surface area contributed by atoms with Gasteiger partial charge in [-0.15, -0.1) is 0 Å². The monoisotopic (exact) mass is 324 g/mol. The van der Waals surface area contributed by atoms with Crippen LogP contribution in [0.15, 0.2) is 48.5 Å². The molecule has 2 aromatic carbocycles. The summed E-state index contributed by atoms with van der Waals surface area (Å²) in [5.74, 6) is -0.881. The Morgan fingerprint density at radius 1 is 1.17 bits per heavy atom. The highest BCUT2D eigenvalue weighted by atomic mass is 16.4. The largest absolute Gasteiger partial charge is 0.478 e. The third-order valence-corrected chi connectivity index (χ3v) is 4.75. The number of fused-ring (bicyclic) bond motifs is 1. The highest BCUT2D eigenvalue weighted by molar-refractivity contribution is 5.87. The van der Waals surface area contributed by atoms with Crippen molar-refractivity contribution >= 4 is 5.97 Å². The highest BCUT2D eigenvalue weighted by Crippen LogP contribution is 2.20. The van der Waals surface area contributed by atoms with Crippen LogP contribution in [0.4, 0.5) is 0 Å². The van der Waals surface area contributed by atoms with Gasteiger partial charge in [-0.1, -0.05) is 36.4 Å². The van der Waals surface area contributed by atoms with E-state index in [9.17, 15) is 4.79 Å². The predicted molar refractivity (Wildman–Crippen MR) is 95.1 cm³/mol. The van der Waals surface area contributed by atoms with E-state index in [1.165, 1.54) is 11.1 Å². The fraction of sp³-hybridized carbons (Fsp3) is 0.350. The SMILES string of the molecule is CC(CNCc1ccc(C(=O)O)cc1)N1CCc2ccccc2C1. The average Bonchev–Trinajstić information content (AvgIpc) is 2.61. The molecule has 24 heavy (non-hydrogen) atoms. The van der Waals surface area contributed by atoms with Gasteiger partial charge in [-0.3, -0.25) is 4.90 Å². The Labute approximate surface area is 143 Å². The third-order valence-electron chi connectivity index (χ3n) is 4.75. The summed E-state index contributed by atoms with van der Waals surface area (Å²) in [4.78, 5) is 13.4. The summed E-state index contributed by atoms with van der Waals surface area (Å²) in [6.45, 7) is 6.06. The fourth-order valence-electron chi connectivity index (χ4n) is 3.21. The van der Waals surface area contributed by atoms with Gasteiger partial charge in [-0.05, 0) is 42.2 Å². The number of carboxylic acid groups (broad SMARTS) is 1. The topological polar surface area (TPSA) is 52.6 Å². The minimum absolute atomic E-state index is 0.333. The van der Waals surface area contributed by atoms with E-state index in [0.717, 1.165) is 38.2 Å². The Morgan fingerprint density at radius 2 is 1.88 bits per heavy atom. The summed E-state index contributed by atoms with van der Waals surface area (Å²) >= 11 is 0. The zero-order valence-electron chi connectivity index (χ0n) is 14.0. The van der Waals surface area contributed by atoms with Crippen molar-refractivity contribution in [3.63, 3.8) is 0 Å². The molecule has 1 atom stereocenters. The molecule has 0 aromatic heterocycles. The van der Waals surface area contributed by atoms with Gasteiger partial charge in [-0.2, -0.15) is 0 Å². The van der Waals surface area contributed by atoms with Crippen molar-refractivity contribution < 1.29 is 9.90 Å². The maximum Gasteiger partial charge on any atom is 0.335 e. The van der Waals surface area contributed by atoms with Crippen molar-refractivity contribution in [1.82, 2.24) is 10.2 Å². The lowest BCUT2D eigenvalue weighted by atomic mass is 9.99. The molecule has 1 heterocycles. The van der Waals surface area contributed by atoms with Crippen LogP contribution in [0.3, 0.4) is 0 Å². The van der Waals surface area contributed by atoms with Gasteiger partial charge >= 0.3 is 5.97 Å². The lowest BCUT2D eigenvalue weighted by Crippen LogP contribution is -2.42. The van der Waals surface area contributed by atoms with Crippen LogP contribution in [0.25, 0.3) is 0 Å². The maximum absolute atomic E-state index is 10.9. The number of hydrogen-bond donors (Lipinski definition) is 2. The van der Waals surface area contributed by atoms with Crippen molar-refractivity contribution in [3.05, 3.63) is 70.8 Å². The number of aromatic carboxylic acids is 1. The predicted octanol–water partition coefficient (Wildman–Crippen LogP) is 2.92. The van der Waals surface area contributed by atoms with Crippen molar-refractivity contribution in [1.29, 1.82) is 0 Å². The van der Waals surface area contributed by atoms with E-state index in [1.807, 2.05) is 12.1 Å². The van der Waals surface area contributed by atoms with E-state index < -0.39 is 5.97 Å². The van der Waals surface area contributed by atoms with E-state index in [4.69, 9.17) is 5.11 Å². The molecule has 0 radical (unpaired) electrons. The molecule has 1 aliphatic heterocycles. The first-order valence-corrected chi connectivity index (χ1v) is 8.47. The van der Waals surface area contributed by atoms with Crippen LogP contribution in [0.2, 0.25) is 0 Å². The molecular weight excluding hydrogens is 300 g/mol. The number of carboxylic acids is 1. The van der Waals surface area contributed by atoms with Gasteiger partial charge < -0.3 is 10.4 Å². The molecule has 3 rings (SSSR count). The van der Waals surface area contributed by atoms with E-state index in [2.05, 4.69) is 41.4 Å². The van der Waals surface area contributed by atoms with Crippen LogP contribution in [-0.2, 0) is 19.5 Å². The Hall–Kier alpha value is -2.17. The lowest BCUT2D eigenvalue weighted by molar-refractivity contribution is 0.0697. The van der Waals surface area contributed by atoms with Gasteiger partial charge in [0.05, 0.1) is 5.56 Å². The Kier molecular flexibility index (Phi) is 5.28. The molecule has 1 unspecified atom stereocenters. The Bertz CT molecular complexity index is 697. The first-order chi connectivity index (χ1) is 11.6. The quantitative estimate of drug-likeness (QED) is 0.858. The van der Waals surface area contributed by atoms with Crippen molar-refractivity contribution in [2.75, 3.05) is 13.1 Å². The van der Waals surface area contributed by atoms with Crippen LogP contribution in [0.1, 0.15) is 34.0 Å². The number of carbonyl (C=O) groups is 1. The molecule has 0 saturated carbocycles. The summed E-state index contributed by atoms with van der Waals surface area (Å²) in [6.07, 6.45) is 1.12. The van der Waals surface area contributed by atoms with Crippen LogP contribution in [0.5, 0.6) is 0 Å². The molecule has 4 nitrogen and oxygen atoms in total. The average molecular weight is 324 g/mol. The van der Waals surface area contributed by atoms with Gasteiger partial charge in [0.15, 0.2) is 0 Å². The fourth-order valence-corrected chi connectivity index (χ4v) is 3.21. The number of nitrogens with one attached hydrogen (secondary N) is 1. The van der Waals surface area contributed by atoms with Crippen molar-refractivity contribution in [2.24, 2.45) is 0 Å². The first-order valence-electron chi connectivity index (χ1n) is 8.47. The molecule has 1 aliphatic rings. The highest BCUT2D eigenvalue weighted by Gasteiger charge is 2.19. The second kappa shape index (κ2) is 7.60. The Balaban J connectivity index is 1.48. The molecule has 0 fully saturated rings. The summed E-state index contributed by atoms with van der Waals surface area (Å²) in [7, 11) is 0. The summed E-state index contributed by atoms with van der Waals surface area (Å²) < 4.78 is 0. The maximum atomic E-state index is 10.9. The van der Waals surface area contributed by atoms with Crippen LogP contribution < -0.4 is 5.32 Å². The number of hydrogen-bond acceptors (Lipinski definition) is 3. The lowest BCUT2D eigenvalue weighted by Gasteiger charge is -2.33. The minimum Gasteiger partial charge on any atom is -0.478 e. The first kappa shape index (κ1) is 16.7. The minimum atomic E-state index is -0.881. The van der Waals surface area contributed by atoms with Crippen LogP contribution in [-0.4, -0.2) is 35.1 Å². The van der Waals surface area contributed by atoms with Crippen molar-refractivity contribution in [3.8, 4) is 0 Å². The molecule has 2 N–H and O–H groups in total. The smallest absolute Gasteiger partial charge is 0.335 e. The summed E-state index contributed by atoms with van der Waals surface area (Å²) in [5.41, 5.74) is 4.36. The summed E-state index contributed by atoms with van der Waals surface area (Å²) in [6, 6.07) is 16.2. The van der Waals surface area contributed by atoms with E-state index in [0.29, 0.717) is 11.6 Å². The molecule has 0 spiro atoms. The molecular formula is C20H24N2O2. The molecule has 0 aliphatic carbocycles. The summed E-state index contributed by atoms with van der Waals surface area (Å²) in [5, 5.41) is 12.4. The van der Waals surface area contributed by atoms with Crippen LogP contribution in [0, 0.1) is 0 Å². The van der Waals surface area contributed by atoms with Gasteiger partial charge in [0.25, 0.3) is 0 Å². The Morgan fingerprint density at radius 3 is 2.58 bits per heavy atom. The number of nitrogens with zero attached hydrogens (tertiary/aromatic N) is 1. The molecule has 2 aromatic rings. The van der Waals surface area contributed by atoms with E-state index >= 15 is 0 Å². The second-order valence-corrected chi connectivity index (χ2v) is 6.47. The number of rotatable bonds is 6. The zero-order valence-corrected chi connectivity index (χ0v) is 14.0. The van der Waals surface area contributed by atoms with E-state index in [-0.39, 0.29) is 0 Å². The molecule has 126 valence electrons. The normalized spacial score (nSPS) is 15.7. The molecule has 0 bridgehead atoms. The molecule has 0 amide bonds. The number of benzene rings is 2. The van der Waals surface area contributed by atoms with Gasteiger partial charge in [0, 0.05) is 32.2 Å². The third kappa shape index (κ3) is 4.02. The van der Waals surface area contributed by atoms with Crippen molar-refractivity contribution in [2.45, 2.75) is 32.5 Å². The van der Waals surface area contributed by atoms with Gasteiger partial charge in [0.2, 0.25) is 0 Å². The van der Waals surface area contributed by atoms with Gasteiger partial charge in [0.1, 0.15) is 0 Å². The molecule has 4 heteroatoms. The second-order valence-electron chi connectivity index (χ2n) is 6.47.